The highest BCUT2D eigenvalue weighted by Crippen LogP contribution is 2.20. The summed E-state index contributed by atoms with van der Waals surface area (Å²) in [6.45, 7) is 3.22. The molecule has 0 unspecified atom stereocenters. The summed E-state index contributed by atoms with van der Waals surface area (Å²) in [4.78, 5) is 41.0. The maximum absolute atomic E-state index is 12.6. The van der Waals surface area contributed by atoms with E-state index >= 15 is 0 Å². The third-order valence-corrected chi connectivity index (χ3v) is 4.64. The topological polar surface area (TPSA) is 97.4 Å². The van der Waals surface area contributed by atoms with E-state index < -0.39 is 24.0 Å². The molecule has 3 amide bonds. The van der Waals surface area contributed by atoms with Crippen LogP contribution in [0.1, 0.15) is 48.7 Å². The second-order valence-corrected chi connectivity index (χ2v) is 6.82. The van der Waals surface area contributed by atoms with Gasteiger partial charge in [-0.1, -0.05) is 31.0 Å². The van der Waals surface area contributed by atoms with Crippen LogP contribution in [0.2, 0.25) is 0 Å². The van der Waals surface area contributed by atoms with Gasteiger partial charge in [0.25, 0.3) is 5.91 Å². The van der Waals surface area contributed by atoms with Crippen LogP contribution in [0, 0.1) is 6.92 Å². The Morgan fingerprint density at radius 3 is 2.63 bits per heavy atom. The molecule has 1 aromatic carbocycles. The van der Waals surface area contributed by atoms with Crippen LogP contribution in [0.25, 0.3) is 10.9 Å². The van der Waals surface area contributed by atoms with Crippen LogP contribution in [0.4, 0.5) is 4.79 Å². The van der Waals surface area contributed by atoms with Crippen molar-refractivity contribution < 1.29 is 19.1 Å². The summed E-state index contributed by atoms with van der Waals surface area (Å²) < 4.78 is 5.27. The number of para-hydroxylation sites is 1. The maximum atomic E-state index is 12.6. The number of hydrogen-bond acceptors (Lipinski definition) is 5. The highest BCUT2D eigenvalue weighted by atomic mass is 16.5. The first kappa shape index (κ1) is 18.8. The third-order valence-electron chi connectivity index (χ3n) is 4.64. The van der Waals surface area contributed by atoms with Gasteiger partial charge in [0.05, 0.1) is 11.1 Å². The molecule has 142 valence electrons. The number of fused-ring (bicyclic) bond motifs is 1. The first-order valence-electron chi connectivity index (χ1n) is 9.13. The number of carbonyl (C=O) groups is 3. The normalized spacial score (nSPS) is 15.3. The van der Waals surface area contributed by atoms with Crippen LogP contribution >= 0.6 is 0 Å². The average molecular weight is 369 g/mol. The molecule has 1 aromatic heterocycles. The van der Waals surface area contributed by atoms with Crippen LogP contribution in [0.5, 0.6) is 0 Å². The summed E-state index contributed by atoms with van der Waals surface area (Å²) in [5.41, 5.74) is 1.69. The van der Waals surface area contributed by atoms with E-state index in [0.717, 1.165) is 25.7 Å². The van der Waals surface area contributed by atoms with Crippen molar-refractivity contribution in [1.82, 2.24) is 15.6 Å². The molecule has 0 saturated heterocycles. The Morgan fingerprint density at radius 2 is 1.89 bits per heavy atom. The number of amides is 3. The number of urea groups is 1. The molecule has 0 spiro atoms. The molecule has 1 saturated carbocycles. The minimum Gasteiger partial charge on any atom is -0.449 e. The number of ether oxygens (including phenoxy) is 1. The summed E-state index contributed by atoms with van der Waals surface area (Å²) in [5, 5.41) is 5.65. The van der Waals surface area contributed by atoms with E-state index in [2.05, 4.69) is 15.6 Å². The van der Waals surface area contributed by atoms with Crippen molar-refractivity contribution in [2.45, 2.75) is 51.7 Å². The number of hydrogen-bond donors (Lipinski definition) is 2. The van der Waals surface area contributed by atoms with Gasteiger partial charge in [0.15, 0.2) is 6.10 Å². The number of rotatable bonds is 4. The predicted molar refractivity (Wildman–Crippen MR) is 100 cm³/mol. The van der Waals surface area contributed by atoms with Crippen molar-refractivity contribution in [2.75, 3.05) is 0 Å². The van der Waals surface area contributed by atoms with E-state index in [4.69, 9.17) is 4.74 Å². The lowest BCUT2D eigenvalue weighted by Gasteiger charge is -2.16. The van der Waals surface area contributed by atoms with Gasteiger partial charge in [-0.05, 0) is 38.8 Å². The zero-order valence-corrected chi connectivity index (χ0v) is 15.5. The number of imide groups is 1. The number of aryl methyl sites for hydroxylation is 1. The lowest BCUT2D eigenvalue weighted by Crippen LogP contribution is -2.47. The quantitative estimate of drug-likeness (QED) is 0.808. The smallest absolute Gasteiger partial charge is 0.339 e. The monoisotopic (exact) mass is 369 g/mol. The third kappa shape index (κ3) is 4.61. The minimum atomic E-state index is -1.10. The Labute approximate surface area is 157 Å². The Bertz CT molecular complexity index is 875. The molecule has 1 aliphatic carbocycles. The van der Waals surface area contributed by atoms with Crippen LogP contribution in [-0.2, 0) is 9.53 Å². The summed E-state index contributed by atoms with van der Waals surface area (Å²) in [7, 11) is 0. The molecule has 7 heteroatoms. The molecule has 0 aliphatic heterocycles. The zero-order chi connectivity index (χ0) is 19.4. The SMILES string of the molecule is Cc1cc(C(=O)O[C@@H](C)C(=O)NC(=O)NC2CCCC2)c2ccccc2n1. The molecule has 3 rings (SSSR count). The number of benzene rings is 1. The van der Waals surface area contributed by atoms with Gasteiger partial charge in [0, 0.05) is 17.1 Å². The highest BCUT2D eigenvalue weighted by molar-refractivity contribution is 6.05. The fourth-order valence-electron chi connectivity index (χ4n) is 3.26. The van der Waals surface area contributed by atoms with Crippen LogP contribution in [0.15, 0.2) is 30.3 Å². The number of pyridine rings is 1. The molecular formula is C20H23N3O4. The molecule has 27 heavy (non-hydrogen) atoms. The van der Waals surface area contributed by atoms with E-state index in [1.807, 2.05) is 12.1 Å². The second-order valence-electron chi connectivity index (χ2n) is 6.82. The Morgan fingerprint density at radius 1 is 1.19 bits per heavy atom. The van der Waals surface area contributed by atoms with Crippen LogP contribution in [-0.4, -0.2) is 35.0 Å². The largest absolute Gasteiger partial charge is 0.449 e. The number of esters is 1. The molecule has 2 N–H and O–H groups in total. The second kappa shape index (κ2) is 8.16. The number of aromatic nitrogens is 1. The number of nitrogens with one attached hydrogen (secondary N) is 2. The maximum Gasteiger partial charge on any atom is 0.339 e. The fourth-order valence-corrected chi connectivity index (χ4v) is 3.26. The Hall–Kier alpha value is -2.96. The van der Waals surface area contributed by atoms with Gasteiger partial charge in [0.1, 0.15) is 0 Å². The predicted octanol–water partition coefficient (Wildman–Crippen LogP) is 2.86. The van der Waals surface area contributed by atoms with Gasteiger partial charge in [-0.25, -0.2) is 9.59 Å². The van der Waals surface area contributed by atoms with Crippen molar-refractivity contribution in [2.24, 2.45) is 0 Å². The van der Waals surface area contributed by atoms with Crippen molar-refractivity contribution in [3.63, 3.8) is 0 Å². The van der Waals surface area contributed by atoms with Crippen molar-refractivity contribution in [1.29, 1.82) is 0 Å². The van der Waals surface area contributed by atoms with Gasteiger partial charge >= 0.3 is 12.0 Å². The van der Waals surface area contributed by atoms with E-state index in [1.165, 1.54) is 6.92 Å². The lowest BCUT2D eigenvalue weighted by atomic mass is 10.1. The molecule has 1 aliphatic rings. The van der Waals surface area contributed by atoms with Gasteiger partial charge in [-0.2, -0.15) is 0 Å². The standard InChI is InChI=1S/C20H23N3O4/c1-12-11-16(15-9-5-6-10-17(15)21-12)19(25)27-13(2)18(24)23-20(26)22-14-7-3-4-8-14/h5-6,9-11,13-14H,3-4,7-8H2,1-2H3,(H2,22,23,24,26)/t13-/m0/s1. The molecule has 0 bridgehead atoms. The van der Waals surface area contributed by atoms with Crippen molar-refractivity contribution >= 4 is 28.8 Å². The summed E-state index contributed by atoms with van der Waals surface area (Å²) in [6, 6.07) is 8.40. The van der Waals surface area contributed by atoms with Gasteiger partial charge in [-0.3, -0.25) is 15.1 Å². The van der Waals surface area contributed by atoms with Crippen LogP contribution in [0.3, 0.4) is 0 Å². The molecular weight excluding hydrogens is 346 g/mol. The molecule has 7 nitrogen and oxygen atoms in total. The fraction of sp³-hybridized carbons (Fsp3) is 0.400. The van der Waals surface area contributed by atoms with Gasteiger partial charge < -0.3 is 10.1 Å². The Kier molecular flexibility index (Phi) is 5.69. The molecule has 2 aromatic rings. The van der Waals surface area contributed by atoms with Crippen LogP contribution < -0.4 is 10.6 Å². The molecule has 1 heterocycles. The van der Waals surface area contributed by atoms with Gasteiger partial charge in [0.2, 0.25) is 0 Å². The number of nitrogens with zero attached hydrogens (tertiary/aromatic N) is 1. The average Bonchev–Trinajstić information content (AvgIpc) is 3.13. The van der Waals surface area contributed by atoms with Crippen molar-refractivity contribution in [3.05, 3.63) is 41.6 Å². The van der Waals surface area contributed by atoms with E-state index in [1.54, 1.807) is 25.1 Å². The highest BCUT2D eigenvalue weighted by Gasteiger charge is 2.24. The Balaban J connectivity index is 1.63. The number of carbonyl (C=O) groups excluding carboxylic acids is 3. The summed E-state index contributed by atoms with van der Waals surface area (Å²) >= 11 is 0. The molecule has 1 atom stereocenters. The van der Waals surface area contributed by atoms with E-state index in [9.17, 15) is 14.4 Å². The van der Waals surface area contributed by atoms with E-state index in [-0.39, 0.29) is 6.04 Å². The van der Waals surface area contributed by atoms with Crippen molar-refractivity contribution in [3.8, 4) is 0 Å². The molecule has 1 fully saturated rings. The molecule has 0 radical (unpaired) electrons. The first-order valence-corrected chi connectivity index (χ1v) is 9.13. The zero-order valence-electron chi connectivity index (χ0n) is 15.5. The first-order chi connectivity index (χ1) is 12.9. The lowest BCUT2D eigenvalue weighted by molar-refractivity contribution is -0.127. The summed E-state index contributed by atoms with van der Waals surface area (Å²) in [6.07, 6.45) is 2.89. The minimum absolute atomic E-state index is 0.0989. The van der Waals surface area contributed by atoms with E-state index in [0.29, 0.717) is 22.2 Å². The summed E-state index contributed by atoms with van der Waals surface area (Å²) in [5.74, 6) is -1.29. The van der Waals surface area contributed by atoms with Gasteiger partial charge in [-0.15, -0.1) is 0 Å².